The molecule has 2 N–H and O–H groups in total. The summed E-state index contributed by atoms with van der Waals surface area (Å²) in [7, 11) is 1.69. The Kier molecular flexibility index (Phi) is 6.36. The summed E-state index contributed by atoms with van der Waals surface area (Å²) in [5.41, 5.74) is 11.8. The summed E-state index contributed by atoms with van der Waals surface area (Å²) in [6, 6.07) is 17.1. The second-order valence-corrected chi connectivity index (χ2v) is 8.42. The molecule has 0 aliphatic heterocycles. The van der Waals surface area contributed by atoms with Crippen molar-refractivity contribution < 1.29 is 4.74 Å². The highest BCUT2D eigenvalue weighted by molar-refractivity contribution is 6.08. The third-order valence-electron chi connectivity index (χ3n) is 6.08. The van der Waals surface area contributed by atoms with E-state index in [9.17, 15) is 0 Å². The quantitative estimate of drug-likeness (QED) is 0.266. The van der Waals surface area contributed by atoms with Gasteiger partial charge < -0.3 is 10.5 Å². The molecule has 0 saturated carbocycles. The van der Waals surface area contributed by atoms with Gasteiger partial charge in [0.25, 0.3) is 0 Å². The molecule has 0 fully saturated rings. The van der Waals surface area contributed by atoms with E-state index in [-0.39, 0.29) is 0 Å². The lowest BCUT2D eigenvalue weighted by Gasteiger charge is -2.14. The molecule has 31 heavy (non-hydrogen) atoms. The van der Waals surface area contributed by atoms with Gasteiger partial charge in [0.15, 0.2) is 5.82 Å². The largest absolute Gasteiger partial charge is 0.497 e. The van der Waals surface area contributed by atoms with E-state index >= 15 is 0 Å². The molecule has 2 aromatic carbocycles. The number of nitrogens with two attached hydrogens (primary N) is 1. The van der Waals surface area contributed by atoms with E-state index in [2.05, 4.69) is 55.2 Å². The number of fused-ring (bicyclic) bond motifs is 3. The molecule has 0 aliphatic rings. The van der Waals surface area contributed by atoms with Crippen molar-refractivity contribution in [3.63, 3.8) is 0 Å². The van der Waals surface area contributed by atoms with Gasteiger partial charge in [-0.15, -0.1) is 0 Å². The first-order chi connectivity index (χ1) is 15.1. The smallest absolute Gasteiger partial charge is 0.150 e. The molecule has 0 spiro atoms. The van der Waals surface area contributed by atoms with Crippen LogP contribution in [0.1, 0.15) is 55.7 Å². The minimum Gasteiger partial charge on any atom is -0.497 e. The number of ether oxygens (including phenoxy) is 1. The van der Waals surface area contributed by atoms with Gasteiger partial charge in [0.2, 0.25) is 0 Å². The summed E-state index contributed by atoms with van der Waals surface area (Å²) in [6.45, 7) is 4.47. The van der Waals surface area contributed by atoms with Crippen molar-refractivity contribution in [3.05, 3.63) is 71.4 Å². The highest BCUT2D eigenvalue weighted by Crippen LogP contribution is 2.31. The predicted octanol–water partition coefficient (Wildman–Crippen LogP) is 6.45. The van der Waals surface area contributed by atoms with Crippen LogP contribution in [0.3, 0.4) is 0 Å². The molecule has 0 aliphatic carbocycles. The monoisotopic (exact) mass is 413 g/mol. The molecule has 0 amide bonds. The first kappa shape index (κ1) is 21.1. The normalized spacial score (nSPS) is 12.4. The first-order valence-corrected chi connectivity index (χ1v) is 11.2. The summed E-state index contributed by atoms with van der Waals surface area (Å²) in [5.74, 6) is 1.72. The highest BCUT2D eigenvalue weighted by Gasteiger charge is 2.13. The maximum atomic E-state index is 6.29. The van der Waals surface area contributed by atoms with Crippen molar-refractivity contribution in [2.45, 2.75) is 51.9 Å². The zero-order valence-corrected chi connectivity index (χ0v) is 18.7. The Bertz CT molecular complexity index is 1180. The fourth-order valence-corrected chi connectivity index (χ4v) is 4.21. The lowest BCUT2D eigenvalue weighted by Crippen LogP contribution is -2.02. The first-order valence-electron chi connectivity index (χ1n) is 11.2. The Morgan fingerprint density at radius 1 is 0.968 bits per heavy atom. The molecule has 4 rings (SSSR count). The van der Waals surface area contributed by atoms with Crippen molar-refractivity contribution >= 4 is 27.6 Å². The molecule has 0 radical (unpaired) electrons. The molecular weight excluding hydrogens is 382 g/mol. The van der Waals surface area contributed by atoms with Crippen LogP contribution in [-0.4, -0.2) is 17.1 Å². The van der Waals surface area contributed by atoms with Crippen LogP contribution in [0, 0.1) is 0 Å². The summed E-state index contributed by atoms with van der Waals surface area (Å²) >= 11 is 0. The van der Waals surface area contributed by atoms with Crippen LogP contribution in [0.5, 0.6) is 5.75 Å². The van der Waals surface area contributed by atoms with E-state index < -0.39 is 0 Å². The van der Waals surface area contributed by atoms with Gasteiger partial charge in [0.1, 0.15) is 11.3 Å². The number of pyridine rings is 2. The Balaban J connectivity index is 1.66. The maximum absolute atomic E-state index is 6.29. The van der Waals surface area contributed by atoms with Crippen molar-refractivity contribution in [1.82, 2.24) is 9.97 Å². The van der Waals surface area contributed by atoms with E-state index in [0.717, 1.165) is 40.4 Å². The number of benzene rings is 2. The number of hydrogen-bond donors (Lipinski definition) is 1. The lowest BCUT2D eigenvalue weighted by molar-refractivity contribution is 0.414. The number of hydrogen-bond acceptors (Lipinski definition) is 4. The number of unbranched alkanes of at least 4 members (excludes halogenated alkanes) is 2. The van der Waals surface area contributed by atoms with Gasteiger partial charge in [-0.3, -0.25) is 4.98 Å². The Morgan fingerprint density at radius 3 is 2.48 bits per heavy atom. The Morgan fingerprint density at radius 2 is 1.74 bits per heavy atom. The average molecular weight is 414 g/mol. The van der Waals surface area contributed by atoms with Crippen molar-refractivity contribution in [1.29, 1.82) is 0 Å². The summed E-state index contributed by atoms with van der Waals surface area (Å²) in [4.78, 5) is 9.35. The number of rotatable bonds is 8. The van der Waals surface area contributed by atoms with Crippen molar-refractivity contribution in [3.8, 4) is 5.75 Å². The van der Waals surface area contributed by atoms with Gasteiger partial charge >= 0.3 is 0 Å². The minimum atomic E-state index is 0.336. The third kappa shape index (κ3) is 4.63. The third-order valence-corrected chi connectivity index (χ3v) is 6.08. The molecular formula is C27H31N3O. The lowest BCUT2D eigenvalue weighted by atomic mass is 9.93. The Hall–Kier alpha value is -3.14. The fraction of sp³-hybridized carbons (Fsp3) is 0.333. The molecule has 160 valence electrons. The molecule has 4 aromatic rings. The van der Waals surface area contributed by atoms with Crippen molar-refractivity contribution in [2.75, 3.05) is 12.8 Å². The van der Waals surface area contributed by atoms with Gasteiger partial charge in [-0.25, -0.2) is 4.98 Å². The number of aromatic nitrogens is 2. The second kappa shape index (κ2) is 9.34. The second-order valence-electron chi connectivity index (χ2n) is 8.42. The standard InChI is InChI=1S/C27H31N3O/c1-4-5-6-7-19-10-13-23-24-16-21(17-29-26(24)27(28)30-25(23)15-19)18(2)14-20-8-11-22(31-3)12-9-20/h8-13,15-18H,4-7,14H2,1-3H3,(H2,28,30). The topological polar surface area (TPSA) is 61.0 Å². The molecule has 1 unspecified atom stereocenters. The van der Waals surface area contributed by atoms with Gasteiger partial charge in [-0.2, -0.15) is 0 Å². The average Bonchev–Trinajstić information content (AvgIpc) is 2.79. The van der Waals surface area contributed by atoms with Gasteiger partial charge in [0, 0.05) is 17.0 Å². The van der Waals surface area contributed by atoms with Gasteiger partial charge in [-0.05, 0) is 66.1 Å². The van der Waals surface area contributed by atoms with E-state index in [0.29, 0.717) is 11.7 Å². The molecule has 2 heterocycles. The van der Waals surface area contributed by atoms with Crippen LogP contribution in [0.2, 0.25) is 0 Å². The summed E-state index contributed by atoms with van der Waals surface area (Å²) < 4.78 is 5.27. The minimum absolute atomic E-state index is 0.336. The van der Waals surface area contributed by atoms with Crippen LogP contribution in [0.25, 0.3) is 21.8 Å². The van der Waals surface area contributed by atoms with Crippen LogP contribution >= 0.6 is 0 Å². The number of methoxy groups -OCH3 is 1. The van der Waals surface area contributed by atoms with E-state index in [1.165, 1.54) is 36.0 Å². The number of aryl methyl sites for hydroxylation is 1. The van der Waals surface area contributed by atoms with Crippen molar-refractivity contribution in [2.24, 2.45) is 0 Å². The zero-order chi connectivity index (χ0) is 21.8. The van der Waals surface area contributed by atoms with E-state index in [4.69, 9.17) is 15.5 Å². The van der Waals surface area contributed by atoms with Crippen LogP contribution in [0.15, 0.2) is 54.7 Å². The predicted molar refractivity (Wildman–Crippen MR) is 130 cm³/mol. The van der Waals surface area contributed by atoms with Gasteiger partial charge in [0.05, 0.1) is 12.6 Å². The number of nitrogens with zero attached hydrogens (tertiary/aromatic N) is 2. The summed E-state index contributed by atoms with van der Waals surface area (Å²) in [5, 5.41) is 2.20. The highest BCUT2D eigenvalue weighted by atomic mass is 16.5. The molecule has 0 bridgehead atoms. The van der Waals surface area contributed by atoms with Crippen LogP contribution in [-0.2, 0) is 12.8 Å². The van der Waals surface area contributed by atoms with Gasteiger partial charge in [-0.1, -0.05) is 51.0 Å². The molecule has 2 aromatic heterocycles. The van der Waals surface area contributed by atoms with Crippen LogP contribution < -0.4 is 10.5 Å². The SMILES string of the molecule is CCCCCc1ccc2c(c1)nc(N)c1ncc(C(C)Cc3ccc(OC)cc3)cc12. The molecule has 1 atom stereocenters. The number of nitrogen functional groups attached to an aromatic ring is 1. The van der Waals surface area contributed by atoms with E-state index in [1.807, 2.05) is 18.3 Å². The van der Waals surface area contributed by atoms with E-state index in [1.54, 1.807) is 7.11 Å². The summed E-state index contributed by atoms with van der Waals surface area (Å²) in [6.07, 6.45) is 7.66. The Labute approximate surface area is 184 Å². The molecule has 4 nitrogen and oxygen atoms in total. The zero-order valence-electron chi connectivity index (χ0n) is 18.7. The number of anilines is 1. The molecule has 0 saturated heterocycles. The molecule has 4 heteroatoms. The fourth-order valence-electron chi connectivity index (χ4n) is 4.21. The maximum Gasteiger partial charge on any atom is 0.150 e. The van der Waals surface area contributed by atoms with Crippen LogP contribution in [0.4, 0.5) is 5.82 Å².